The lowest BCUT2D eigenvalue weighted by atomic mass is 10.00. The zero-order valence-electron chi connectivity index (χ0n) is 15.9. The van der Waals surface area contributed by atoms with E-state index in [1.807, 2.05) is 6.07 Å². The van der Waals surface area contributed by atoms with Crippen LogP contribution in [0.3, 0.4) is 0 Å². The molecule has 29 heavy (non-hydrogen) atoms. The summed E-state index contributed by atoms with van der Waals surface area (Å²) >= 11 is 0. The highest BCUT2D eigenvalue weighted by atomic mass is 19.4. The molecule has 4 nitrogen and oxygen atoms in total. The van der Waals surface area contributed by atoms with Crippen LogP contribution in [0.25, 0.3) is 0 Å². The monoisotopic (exact) mass is 404 g/mol. The minimum atomic E-state index is -4.44. The predicted molar refractivity (Wildman–Crippen MR) is 103 cm³/mol. The summed E-state index contributed by atoms with van der Waals surface area (Å²) in [5.74, 6) is -0.460. The van der Waals surface area contributed by atoms with Crippen molar-refractivity contribution in [1.29, 1.82) is 0 Å². The van der Waals surface area contributed by atoms with Crippen LogP contribution in [-0.2, 0) is 22.2 Å². The van der Waals surface area contributed by atoms with E-state index >= 15 is 0 Å². The highest BCUT2D eigenvalue weighted by Crippen LogP contribution is 2.32. The number of hydrogen-bond donors (Lipinski definition) is 1. The zero-order chi connectivity index (χ0) is 20.9. The summed E-state index contributed by atoms with van der Waals surface area (Å²) in [5, 5.41) is 2.73. The van der Waals surface area contributed by atoms with E-state index in [4.69, 9.17) is 0 Å². The maximum Gasteiger partial charge on any atom is 0.416 e. The molecule has 1 saturated heterocycles. The summed E-state index contributed by atoms with van der Waals surface area (Å²) < 4.78 is 39.4. The van der Waals surface area contributed by atoms with Gasteiger partial charge in [0.1, 0.15) is 6.04 Å². The average Bonchev–Trinajstić information content (AvgIpc) is 2.70. The Bertz CT molecular complexity index is 853. The number of carbonyl (C=O) groups is 2. The van der Waals surface area contributed by atoms with Gasteiger partial charge in [-0.15, -0.1) is 0 Å². The second-order valence-corrected chi connectivity index (χ2v) is 7.05. The van der Waals surface area contributed by atoms with E-state index in [0.717, 1.165) is 18.9 Å². The number of amides is 2. The third kappa shape index (κ3) is 5.16. The van der Waals surface area contributed by atoms with E-state index in [0.29, 0.717) is 18.5 Å². The van der Waals surface area contributed by atoms with Gasteiger partial charge in [0.15, 0.2) is 0 Å². The molecular formula is C22H23F3N2O2. The number of rotatable bonds is 6. The van der Waals surface area contributed by atoms with E-state index in [-0.39, 0.29) is 30.3 Å². The van der Waals surface area contributed by atoms with Crippen LogP contribution in [0.15, 0.2) is 54.6 Å². The Balaban J connectivity index is 1.72. The second kappa shape index (κ2) is 9.11. The number of nitrogens with one attached hydrogen (secondary N) is 1. The third-order valence-corrected chi connectivity index (χ3v) is 5.05. The highest BCUT2D eigenvalue weighted by molar-refractivity contribution is 5.89. The van der Waals surface area contributed by atoms with Gasteiger partial charge in [-0.05, 0) is 36.5 Å². The van der Waals surface area contributed by atoms with Crippen molar-refractivity contribution < 1.29 is 22.8 Å². The molecule has 1 fully saturated rings. The van der Waals surface area contributed by atoms with Crippen molar-refractivity contribution in [2.24, 2.45) is 0 Å². The SMILES string of the molecule is O=C(NCCc1ccccc1C(F)(F)F)C(c1ccccc1)N1CCCCC1=O. The van der Waals surface area contributed by atoms with E-state index in [9.17, 15) is 22.8 Å². The first-order valence-electron chi connectivity index (χ1n) is 9.65. The first-order chi connectivity index (χ1) is 13.9. The first-order valence-corrected chi connectivity index (χ1v) is 9.65. The summed E-state index contributed by atoms with van der Waals surface area (Å²) in [6.45, 7) is 0.542. The van der Waals surface area contributed by atoms with Crippen LogP contribution in [0.1, 0.15) is 42.0 Å². The molecule has 3 rings (SSSR count). The molecule has 1 heterocycles. The molecule has 1 atom stereocenters. The van der Waals surface area contributed by atoms with Gasteiger partial charge in [0.2, 0.25) is 11.8 Å². The van der Waals surface area contributed by atoms with Gasteiger partial charge in [-0.1, -0.05) is 48.5 Å². The molecular weight excluding hydrogens is 381 g/mol. The summed E-state index contributed by atoms with van der Waals surface area (Å²) in [6, 6.07) is 13.5. The van der Waals surface area contributed by atoms with Crippen molar-refractivity contribution in [2.75, 3.05) is 13.1 Å². The number of hydrogen-bond acceptors (Lipinski definition) is 2. The quantitative estimate of drug-likeness (QED) is 0.788. The average molecular weight is 404 g/mol. The third-order valence-electron chi connectivity index (χ3n) is 5.05. The number of nitrogens with zero attached hydrogens (tertiary/aromatic N) is 1. The van der Waals surface area contributed by atoms with Gasteiger partial charge >= 0.3 is 6.18 Å². The smallest absolute Gasteiger partial charge is 0.354 e. The molecule has 0 spiro atoms. The van der Waals surface area contributed by atoms with Crippen LogP contribution < -0.4 is 5.32 Å². The molecule has 0 bridgehead atoms. The van der Waals surface area contributed by atoms with Gasteiger partial charge in [-0.2, -0.15) is 13.2 Å². The number of halogens is 3. The molecule has 154 valence electrons. The molecule has 2 aromatic carbocycles. The molecule has 7 heteroatoms. The van der Waals surface area contributed by atoms with Crippen LogP contribution >= 0.6 is 0 Å². The van der Waals surface area contributed by atoms with Crippen molar-refractivity contribution in [3.8, 4) is 0 Å². The molecule has 1 N–H and O–H groups in total. The maximum atomic E-state index is 13.1. The standard InChI is InChI=1S/C22H23F3N2O2/c23-22(24,25)18-11-5-4-8-16(18)13-14-26-21(29)20(17-9-2-1-3-10-17)27-15-7-6-12-19(27)28/h1-5,8-11,20H,6-7,12-15H2,(H,26,29). The minimum absolute atomic E-state index is 0.0525. The molecule has 0 aliphatic carbocycles. The van der Waals surface area contributed by atoms with Gasteiger partial charge in [-0.3, -0.25) is 9.59 Å². The second-order valence-electron chi connectivity index (χ2n) is 7.05. The number of alkyl halides is 3. The Labute approximate surface area is 167 Å². The van der Waals surface area contributed by atoms with Gasteiger partial charge in [-0.25, -0.2) is 0 Å². The van der Waals surface area contributed by atoms with Crippen molar-refractivity contribution in [3.63, 3.8) is 0 Å². The van der Waals surface area contributed by atoms with Crippen LogP contribution in [0.5, 0.6) is 0 Å². The van der Waals surface area contributed by atoms with E-state index in [2.05, 4.69) is 5.32 Å². The Morgan fingerprint density at radius 2 is 1.72 bits per heavy atom. The Morgan fingerprint density at radius 1 is 1.03 bits per heavy atom. The lowest BCUT2D eigenvalue weighted by Crippen LogP contribution is -2.46. The molecule has 1 aliphatic heterocycles. The van der Waals surface area contributed by atoms with Gasteiger partial charge < -0.3 is 10.2 Å². The van der Waals surface area contributed by atoms with Crippen LogP contribution in [0.4, 0.5) is 13.2 Å². The van der Waals surface area contributed by atoms with E-state index in [1.54, 1.807) is 35.2 Å². The molecule has 1 aliphatic rings. The Kier molecular flexibility index (Phi) is 6.56. The van der Waals surface area contributed by atoms with Crippen LogP contribution in [-0.4, -0.2) is 29.8 Å². The van der Waals surface area contributed by atoms with Crippen molar-refractivity contribution in [1.82, 2.24) is 10.2 Å². The highest BCUT2D eigenvalue weighted by Gasteiger charge is 2.34. The lowest BCUT2D eigenvalue weighted by Gasteiger charge is -2.34. The summed E-state index contributed by atoms with van der Waals surface area (Å²) in [6.07, 6.45) is -2.37. The van der Waals surface area contributed by atoms with E-state index < -0.39 is 17.8 Å². The van der Waals surface area contributed by atoms with Crippen LogP contribution in [0.2, 0.25) is 0 Å². The number of benzene rings is 2. The summed E-state index contributed by atoms with van der Waals surface area (Å²) in [7, 11) is 0. The number of piperidine rings is 1. The normalized spacial score (nSPS) is 15.8. The fraction of sp³-hybridized carbons (Fsp3) is 0.364. The van der Waals surface area contributed by atoms with Gasteiger partial charge in [0.25, 0.3) is 0 Å². The molecule has 0 saturated carbocycles. The minimum Gasteiger partial charge on any atom is -0.354 e. The fourth-order valence-corrected chi connectivity index (χ4v) is 3.64. The Hall–Kier alpha value is -2.83. The first kappa shape index (κ1) is 20.9. The summed E-state index contributed by atoms with van der Waals surface area (Å²) in [5.41, 5.74) is 0.126. The molecule has 0 radical (unpaired) electrons. The molecule has 2 amide bonds. The van der Waals surface area contributed by atoms with E-state index in [1.165, 1.54) is 12.1 Å². The molecule has 2 aromatic rings. The van der Waals surface area contributed by atoms with Gasteiger partial charge in [0, 0.05) is 19.5 Å². The van der Waals surface area contributed by atoms with Crippen LogP contribution in [0, 0.1) is 0 Å². The molecule has 0 aromatic heterocycles. The number of likely N-dealkylation sites (tertiary alicyclic amines) is 1. The summed E-state index contributed by atoms with van der Waals surface area (Å²) in [4.78, 5) is 26.9. The zero-order valence-corrected chi connectivity index (χ0v) is 15.9. The van der Waals surface area contributed by atoms with Crippen molar-refractivity contribution >= 4 is 11.8 Å². The lowest BCUT2D eigenvalue weighted by molar-refractivity contribution is -0.142. The number of carbonyl (C=O) groups excluding carboxylic acids is 2. The van der Waals surface area contributed by atoms with Crippen molar-refractivity contribution in [2.45, 2.75) is 37.9 Å². The fourth-order valence-electron chi connectivity index (χ4n) is 3.64. The maximum absolute atomic E-state index is 13.1. The van der Waals surface area contributed by atoms with Gasteiger partial charge in [0.05, 0.1) is 5.56 Å². The Morgan fingerprint density at radius 3 is 2.41 bits per heavy atom. The topological polar surface area (TPSA) is 49.4 Å². The largest absolute Gasteiger partial charge is 0.416 e. The van der Waals surface area contributed by atoms with Crippen molar-refractivity contribution in [3.05, 3.63) is 71.3 Å². The predicted octanol–water partition coefficient (Wildman–Crippen LogP) is 4.12. The molecule has 1 unspecified atom stereocenters.